The third-order valence-corrected chi connectivity index (χ3v) is 4.23. The van der Waals surface area contributed by atoms with Crippen LogP contribution in [0, 0.1) is 11.8 Å². The van der Waals surface area contributed by atoms with Gasteiger partial charge in [0, 0.05) is 19.1 Å². The minimum absolute atomic E-state index is 0.195. The van der Waals surface area contributed by atoms with Crippen LogP contribution in [-0.2, 0) is 4.74 Å². The second kappa shape index (κ2) is 5.67. The number of hydrogen-bond donors (Lipinski definition) is 2. The summed E-state index contributed by atoms with van der Waals surface area (Å²) < 4.78 is 5.42. The van der Waals surface area contributed by atoms with Gasteiger partial charge in [0.05, 0.1) is 0 Å². The Hall–Kier alpha value is -0.810. The van der Waals surface area contributed by atoms with Crippen molar-refractivity contribution in [3.8, 4) is 0 Å². The lowest BCUT2D eigenvalue weighted by molar-refractivity contribution is 0.0280. The standard InChI is InChI=1S/C14H27N3O2/c1-14(2,3)19-13(18)17-8-7-11(9-17)12(16-15)10-5-4-6-10/h10-12,16H,4-9,15H2,1-3H3. The van der Waals surface area contributed by atoms with Crippen LogP contribution in [0.2, 0.25) is 0 Å². The van der Waals surface area contributed by atoms with E-state index in [0.29, 0.717) is 17.9 Å². The Bertz CT molecular complexity index is 323. The molecule has 0 bridgehead atoms. The van der Waals surface area contributed by atoms with Gasteiger partial charge in [-0.3, -0.25) is 11.3 Å². The van der Waals surface area contributed by atoms with E-state index < -0.39 is 5.60 Å². The molecule has 5 heteroatoms. The number of nitrogens with one attached hydrogen (secondary N) is 1. The molecular weight excluding hydrogens is 242 g/mol. The summed E-state index contributed by atoms with van der Waals surface area (Å²) in [7, 11) is 0. The molecule has 0 spiro atoms. The van der Waals surface area contributed by atoms with Crippen molar-refractivity contribution in [2.45, 2.75) is 58.1 Å². The number of hydrazine groups is 1. The summed E-state index contributed by atoms with van der Waals surface area (Å²) >= 11 is 0. The molecule has 2 rings (SSSR count). The Kier molecular flexibility index (Phi) is 4.36. The molecule has 3 N–H and O–H groups in total. The van der Waals surface area contributed by atoms with Crippen LogP contribution in [0.1, 0.15) is 46.5 Å². The highest BCUT2D eigenvalue weighted by molar-refractivity contribution is 5.68. The first-order valence-corrected chi connectivity index (χ1v) is 7.35. The predicted molar refractivity (Wildman–Crippen MR) is 74.4 cm³/mol. The zero-order valence-corrected chi connectivity index (χ0v) is 12.3. The maximum absolute atomic E-state index is 12.0. The van der Waals surface area contributed by atoms with Gasteiger partial charge in [-0.05, 0) is 51.9 Å². The molecule has 1 aliphatic heterocycles. The summed E-state index contributed by atoms with van der Waals surface area (Å²) in [6.07, 6.45) is 4.66. The van der Waals surface area contributed by atoms with Crippen molar-refractivity contribution >= 4 is 6.09 Å². The second-order valence-electron chi connectivity index (χ2n) is 6.86. The van der Waals surface area contributed by atoms with Gasteiger partial charge >= 0.3 is 6.09 Å². The van der Waals surface area contributed by atoms with Gasteiger partial charge in [0.1, 0.15) is 5.60 Å². The number of nitrogens with two attached hydrogens (primary N) is 1. The largest absolute Gasteiger partial charge is 0.444 e. The molecule has 0 aromatic heterocycles. The van der Waals surface area contributed by atoms with Crippen LogP contribution in [0.4, 0.5) is 4.79 Å². The molecule has 1 heterocycles. The number of carbonyl (C=O) groups excluding carboxylic acids is 1. The molecule has 2 fully saturated rings. The van der Waals surface area contributed by atoms with Gasteiger partial charge < -0.3 is 9.64 Å². The topological polar surface area (TPSA) is 67.6 Å². The summed E-state index contributed by atoms with van der Waals surface area (Å²) in [5.41, 5.74) is 2.55. The lowest BCUT2D eigenvalue weighted by Gasteiger charge is -2.36. The van der Waals surface area contributed by atoms with Gasteiger partial charge in [0.15, 0.2) is 0 Å². The molecule has 0 aromatic rings. The maximum Gasteiger partial charge on any atom is 0.410 e. The summed E-state index contributed by atoms with van der Waals surface area (Å²) in [6, 6.07) is 0.348. The van der Waals surface area contributed by atoms with Crippen LogP contribution in [0.15, 0.2) is 0 Å². The fraction of sp³-hybridized carbons (Fsp3) is 0.929. The van der Waals surface area contributed by atoms with Crippen molar-refractivity contribution in [3.05, 3.63) is 0 Å². The van der Waals surface area contributed by atoms with E-state index in [4.69, 9.17) is 10.6 Å². The predicted octanol–water partition coefficient (Wildman–Crippen LogP) is 1.88. The molecule has 0 radical (unpaired) electrons. The molecule has 2 unspecified atom stereocenters. The van der Waals surface area contributed by atoms with E-state index >= 15 is 0 Å². The molecule has 1 amide bonds. The van der Waals surface area contributed by atoms with E-state index in [0.717, 1.165) is 19.5 Å². The highest BCUT2D eigenvalue weighted by Crippen LogP contribution is 2.35. The number of carbonyl (C=O) groups is 1. The fourth-order valence-electron chi connectivity index (χ4n) is 3.03. The van der Waals surface area contributed by atoms with E-state index in [9.17, 15) is 4.79 Å². The number of ether oxygens (including phenoxy) is 1. The first-order chi connectivity index (χ1) is 8.90. The SMILES string of the molecule is CC(C)(C)OC(=O)N1CCC(C(NN)C2CCC2)C1. The lowest BCUT2D eigenvalue weighted by atomic mass is 9.75. The monoisotopic (exact) mass is 269 g/mol. The average Bonchev–Trinajstić information content (AvgIpc) is 2.69. The Morgan fingerprint density at radius 3 is 2.47 bits per heavy atom. The smallest absolute Gasteiger partial charge is 0.410 e. The minimum Gasteiger partial charge on any atom is -0.444 e. The molecule has 19 heavy (non-hydrogen) atoms. The quantitative estimate of drug-likeness (QED) is 0.606. The van der Waals surface area contributed by atoms with Crippen molar-refractivity contribution in [2.75, 3.05) is 13.1 Å². The average molecular weight is 269 g/mol. The summed E-state index contributed by atoms with van der Waals surface area (Å²) in [5, 5.41) is 0. The Morgan fingerprint density at radius 1 is 1.32 bits per heavy atom. The van der Waals surface area contributed by atoms with Crippen LogP contribution in [0.5, 0.6) is 0 Å². The highest BCUT2D eigenvalue weighted by Gasteiger charge is 2.38. The first kappa shape index (κ1) is 14.6. The van der Waals surface area contributed by atoms with Gasteiger partial charge in [-0.15, -0.1) is 0 Å². The Morgan fingerprint density at radius 2 is 2.00 bits per heavy atom. The number of amides is 1. The highest BCUT2D eigenvalue weighted by atomic mass is 16.6. The van der Waals surface area contributed by atoms with E-state index in [1.807, 2.05) is 25.7 Å². The van der Waals surface area contributed by atoms with Crippen molar-refractivity contribution < 1.29 is 9.53 Å². The van der Waals surface area contributed by atoms with E-state index in [-0.39, 0.29) is 6.09 Å². The maximum atomic E-state index is 12.0. The number of rotatable bonds is 3. The zero-order chi connectivity index (χ0) is 14.0. The third-order valence-electron chi connectivity index (χ3n) is 4.23. The van der Waals surface area contributed by atoms with E-state index in [1.165, 1.54) is 19.3 Å². The van der Waals surface area contributed by atoms with E-state index in [1.54, 1.807) is 0 Å². The molecule has 5 nitrogen and oxygen atoms in total. The normalized spacial score (nSPS) is 26.1. The molecule has 1 aliphatic carbocycles. The van der Waals surface area contributed by atoms with E-state index in [2.05, 4.69) is 5.43 Å². The fourth-order valence-corrected chi connectivity index (χ4v) is 3.03. The Balaban J connectivity index is 1.86. The van der Waals surface area contributed by atoms with Crippen LogP contribution >= 0.6 is 0 Å². The minimum atomic E-state index is -0.422. The molecular formula is C14H27N3O2. The van der Waals surface area contributed by atoms with Crippen molar-refractivity contribution in [1.82, 2.24) is 10.3 Å². The van der Waals surface area contributed by atoms with Gasteiger partial charge in [-0.2, -0.15) is 0 Å². The summed E-state index contributed by atoms with van der Waals surface area (Å²) in [5.74, 6) is 6.85. The molecule has 1 saturated heterocycles. The number of nitrogens with zero attached hydrogens (tertiary/aromatic N) is 1. The summed E-state index contributed by atoms with van der Waals surface area (Å²) in [4.78, 5) is 13.8. The summed E-state index contributed by atoms with van der Waals surface area (Å²) in [6.45, 7) is 7.25. The van der Waals surface area contributed by atoms with Gasteiger partial charge in [-0.1, -0.05) is 6.42 Å². The van der Waals surface area contributed by atoms with Crippen LogP contribution in [0.3, 0.4) is 0 Å². The third kappa shape index (κ3) is 3.60. The van der Waals surface area contributed by atoms with Crippen molar-refractivity contribution in [1.29, 1.82) is 0 Å². The number of likely N-dealkylation sites (tertiary alicyclic amines) is 1. The molecule has 1 saturated carbocycles. The van der Waals surface area contributed by atoms with Crippen LogP contribution in [-0.4, -0.2) is 35.7 Å². The molecule has 110 valence electrons. The lowest BCUT2D eigenvalue weighted by Crippen LogP contribution is -2.49. The van der Waals surface area contributed by atoms with Crippen LogP contribution < -0.4 is 11.3 Å². The number of hydrogen-bond acceptors (Lipinski definition) is 4. The van der Waals surface area contributed by atoms with Crippen molar-refractivity contribution in [3.63, 3.8) is 0 Å². The zero-order valence-electron chi connectivity index (χ0n) is 12.3. The second-order valence-corrected chi connectivity index (χ2v) is 6.86. The van der Waals surface area contributed by atoms with Gasteiger partial charge in [0.25, 0.3) is 0 Å². The van der Waals surface area contributed by atoms with Crippen LogP contribution in [0.25, 0.3) is 0 Å². The molecule has 2 aliphatic rings. The van der Waals surface area contributed by atoms with Gasteiger partial charge in [0.2, 0.25) is 0 Å². The van der Waals surface area contributed by atoms with Crippen molar-refractivity contribution in [2.24, 2.45) is 17.7 Å². The van der Waals surface area contributed by atoms with Gasteiger partial charge in [-0.25, -0.2) is 4.79 Å². The Labute approximate surface area is 115 Å². The first-order valence-electron chi connectivity index (χ1n) is 7.35. The molecule has 0 aromatic carbocycles. The molecule has 2 atom stereocenters.